The number of aromatic nitrogens is 2. The highest BCUT2D eigenvalue weighted by molar-refractivity contribution is 6.06. The largest absolute Gasteiger partial charge is 0.462 e. The molecule has 0 radical (unpaired) electrons. The van der Waals surface area contributed by atoms with E-state index in [0.29, 0.717) is 12.2 Å². The number of benzene rings is 2. The van der Waals surface area contributed by atoms with Gasteiger partial charge >= 0.3 is 5.97 Å². The van der Waals surface area contributed by atoms with Crippen molar-refractivity contribution < 1.29 is 9.53 Å². The van der Waals surface area contributed by atoms with Crippen molar-refractivity contribution in [3.05, 3.63) is 60.4 Å². The number of fused-ring (bicyclic) bond motifs is 1. The van der Waals surface area contributed by atoms with Crippen LogP contribution in [-0.2, 0) is 4.74 Å². The molecule has 0 fully saturated rings. The molecule has 100 valence electrons. The Bertz CT molecular complexity index is 748. The SMILES string of the molecule is CCOC(=O)c1ccc(-n2cccn2)c2ccccc12. The van der Waals surface area contributed by atoms with E-state index < -0.39 is 0 Å². The first-order valence-corrected chi connectivity index (χ1v) is 6.50. The van der Waals surface area contributed by atoms with E-state index in [1.165, 1.54) is 0 Å². The van der Waals surface area contributed by atoms with Crippen LogP contribution in [0.15, 0.2) is 54.9 Å². The molecular weight excluding hydrogens is 252 g/mol. The molecule has 0 unspecified atom stereocenters. The van der Waals surface area contributed by atoms with E-state index in [9.17, 15) is 4.79 Å². The summed E-state index contributed by atoms with van der Waals surface area (Å²) in [5.41, 5.74) is 1.53. The molecule has 0 aliphatic heterocycles. The molecule has 0 saturated heterocycles. The summed E-state index contributed by atoms with van der Waals surface area (Å²) in [6.07, 6.45) is 3.61. The first-order chi connectivity index (χ1) is 9.81. The molecule has 0 spiro atoms. The van der Waals surface area contributed by atoms with Crippen molar-refractivity contribution in [2.45, 2.75) is 6.92 Å². The molecule has 0 N–H and O–H groups in total. The maximum Gasteiger partial charge on any atom is 0.338 e. The molecule has 1 heterocycles. The van der Waals surface area contributed by atoms with Crippen LogP contribution in [0.2, 0.25) is 0 Å². The molecule has 3 rings (SSSR count). The number of nitrogens with zero attached hydrogens (tertiary/aromatic N) is 2. The molecule has 4 nitrogen and oxygen atoms in total. The van der Waals surface area contributed by atoms with E-state index in [-0.39, 0.29) is 5.97 Å². The first-order valence-electron chi connectivity index (χ1n) is 6.50. The zero-order chi connectivity index (χ0) is 13.9. The van der Waals surface area contributed by atoms with Crippen LogP contribution in [0.25, 0.3) is 16.5 Å². The summed E-state index contributed by atoms with van der Waals surface area (Å²) >= 11 is 0. The van der Waals surface area contributed by atoms with Crippen LogP contribution >= 0.6 is 0 Å². The molecular formula is C16H14N2O2. The quantitative estimate of drug-likeness (QED) is 0.684. The Kier molecular flexibility index (Phi) is 3.21. The Morgan fingerprint density at radius 1 is 1.15 bits per heavy atom. The highest BCUT2D eigenvalue weighted by Gasteiger charge is 2.13. The van der Waals surface area contributed by atoms with Crippen LogP contribution in [0, 0.1) is 0 Å². The smallest absolute Gasteiger partial charge is 0.338 e. The summed E-state index contributed by atoms with van der Waals surface area (Å²) in [6.45, 7) is 2.17. The van der Waals surface area contributed by atoms with Crippen LogP contribution in [0.5, 0.6) is 0 Å². The molecule has 3 aromatic rings. The van der Waals surface area contributed by atoms with Crippen molar-refractivity contribution in [2.75, 3.05) is 6.61 Å². The van der Waals surface area contributed by atoms with Crippen LogP contribution in [-0.4, -0.2) is 22.4 Å². The molecule has 4 heteroatoms. The van der Waals surface area contributed by atoms with Gasteiger partial charge in [-0.15, -0.1) is 0 Å². The third kappa shape index (κ3) is 2.05. The summed E-state index contributed by atoms with van der Waals surface area (Å²) in [5, 5.41) is 6.10. The topological polar surface area (TPSA) is 44.1 Å². The van der Waals surface area contributed by atoms with Gasteiger partial charge in [0.25, 0.3) is 0 Å². The van der Waals surface area contributed by atoms with Gasteiger partial charge in [-0.25, -0.2) is 9.48 Å². The van der Waals surface area contributed by atoms with E-state index in [1.807, 2.05) is 42.6 Å². The second-order valence-corrected chi connectivity index (χ2v) is 4.35. The molecule has 20 heavy (non-hydrogen) atoms. The fourth-order valence-electron chi connectivity index (χ4n) is 2.28. The van der Waals surface area contributed by atoms with Gasteiger partial charge in [-0.1, -0.05) is 24.3 Å². The predicted molar refractivity (Wildman–Crippen MR) is 77.0 cm³/mol. The number of hydrogen-bond acceptors (Lipinski definition) is 3. The van der Waals surface area contributed by atoms with Crippen LogP contribution < -0.4 is 0 Å². The van der Waals surface area contributed by atoms with Crippen LogP contribution in [0.4, 0.5) is 0 Å². The zero-order valence-electron chi connectivity index (χ0n) is 11.1. The monoisotopic (exact) mass is 266 g/mol. The number of rotatable bonds is 3. The number of carbonyl (C=O) groups excluding carboxylic acids is 1. The minimum Gasteiger partial charge on any atom is -0.462 e. The third-order valence-corrected chi connectivity index (χ3v) is 3.15. The lowest BCUT2D eigenvalue weighted by atomic mass is 10.0. The van der Waals surface area contributed by atoms with Crippen molar-refractivity contribution in [1.82, 2.24) is 9.78 Å². The van der Waals surface area contributed by atoms with E-state index in [0.717, 1.165) is 16.5 Å². The minimum absolute atomic E-state index is 0.296. The summed E-state index contributed by atoms with van der Waals surface area (Å²) in [4.78, 5) is 12.0. The lowest BCUT2D eigenvalue weighted by molar-refractivity contribution is 0.0528. The Hall–Kier alpha value is -2.62. The Morgan fingerprint density at radius 3 is 2.65 bits per heavy atom. The van der Waals surface area contributed by atoms with Gasteiger partial charge in [0, 0.05) is 17.8 Å². The highest BCUT2D eigenvalue weighted by Crippen LogP contribution is 2.25. The van der Waals surface area contributed by atoms with Gasteiger partial charge in [0.15, 0.2) is 0 Å². The average Bonchev–Trinajstić information content (AvgIpc) is 3.00. The second kappa shape index (κ2) is 5.17. The van der Waals surface area contributed by atoms with Gasteiger partial charge in [-0.2, -0.15) is 5.10 Å². The van der Waals surface area contributed by atoms with Gasteiger partial charge in [0.1, 0.15) is 0 Å². The van der Waals surface area contributed by atoms with E-state index in [2.05, 4.69) is 5.10 Å². The number of esters is 1. The fourth-order valence-corrected chi connectivity index (χ4v) is 2.28. The van der Waals surface area contributed by atoms with Crippen molar-refractivity contribution in [3.8, 4) is 5.69 Å². The van der Waals surface area contributed by atoms with Crippen molar-refractivity contribution in [2.24, 2.45) is 0 Å². The Labute approximate surface area is 116 Å². The normalized spacial score (nSPS) is 10.7. The molecule has 0 bridgehead atoms. The lowest BCUT2D eigenvalue weighted by Crippen LogP contribution is -2.06. The molecule has 1 aromatic heterocycles. The van der Waals surface area contributed by atoms with Crippen molar-refractivity contribution in [3.63, 3.8) is 0 Å². The minimum atomic E-state index is -0.296. The molecule has 0 aliphatic rings. The lowest BCUT2D eigenvalue weighted by Gasteiger charge is -2.10. The maximum atomic E-state index is 12.0. The van der Waals surface area contributed by atoms with Crippen molar-refractivity contribution in [1.29, 1.82) is 0 Å². The summed E-state index contributed by atoms with van der Waals surface area (Å²) in [6, 6.07) is 13.3. The average molecular weight is 266 g/mol. The van der Waals surface area contributed by atoms with Crippen LogP contribution in [0.1, 0.15) is 17.3 Å². The predicted octanol–water partition coefficient (Wildman–Crippen LogP) is 3.20. The van der Waals surface area contributed by atoms with E-state index >= 15 is 0 Å². The third-order valence-electron chi connectivity index (χ3n) is 3.15. The molecule has 2 aromatic carbocycles. The number of carbonyl (C=O) groups is 1. The summed E-state index contributed by atoms with van der Waals surface area (Å²) in [5.74, 6) is -0.296. The van der Waals surface area contributed by atoms with E-state index in [1.54, 1.807) is 23.9 Å². The second-order valence-electron chi connectivity index (χ2n) is 4.35. The summed E-state index contributed by atoms with van der Waals surface area (Å²) in [7, 11) is 0. The van der Waals surface area contributed by atoms with Gasteiger partial charge in [0.2, 0.25) is 0 Å². The van der Waals surface area contributed by atoms with Gasteiger partial charge < -0.3 is 4.74 Å². The van der Waals surface area contributed by atoms with Crippen molar-refractivity contribution >= 4 is 16.7 Å². The number of ether oxygens (including phenoxy) is 1. The maximum absolute atomic E-state index is 12.0. The molecule has 0 aliphatic carbocycles. The first kappa shape index (κ1) is 12.4. The zero-order valence-corrected chi connectivity index (χ0v) is 11.1. The highest BCUT2D eigenvalue weighted by atomic mass is 16.5. The van der Waals surface area contributed by atoms with Gasteiger partial charge in [-0.05, 0) is 30.5 Å². The summed E-state index contributed by atoms with van der Waals surface area (Å²) < 4.78 is 6.89. The Morgan fingerprint density at radius 2 is 1.95 bits per heavy atom. The van der Waals surface area contributed by atoms with Gasteiger partial charge in [-0.3, -0.25) is 0 Å². The van der Waals surface area contributed by atoms with E-state index in [4.69, 9.17) is 4.74 Å². The molecule has 0 saturated carbocycles. The molecule has 0 amide bonds. The van der Waals surface area contributed by atoms with Gasteiger partial charge in [0.05, 0.1) is 17.9 Å². The molecule has 0 atom stereocenters. The Balaban J connectivity index is 2.23. The fraction of sp³-hybridized carbons (Fsp3) is 0.125. The standard InChI is InChI=1S/C16H14N2O2/c1-2-20-16(19)14-8-9-15(18-11-5-10-17-18)13-7-4-3-6-12(13)14/h3-11H,2H2,1H3. The van der Waals surface area contributed by atoms with Crippen LogP contribution in [0.3, 0.4) is 0 Å². The number of hydrogen-bond donors (Lipinski definition) is 0.